The highest BCUT2D eigenvalue weighted by atomic mass is 15.0. The van der Waals surface area contributed by atoms with Crippen LogP contribution in [0.4, 0.5) is 0 Å². The molecule has 2 heterocycles. The normalized spacial score (nSPS) is 14.6. The fraction of sp³-hybridized carbons (Fsp3) is 0.109. The molecule has 0 bridgehead atoms. The smallest absolute Gasteiger partial charge is 0.101 e. The Bertz CT molecular complexity index is 2730. The molecule has 5 heteroatoms. The third-order valence-corrected chi connectivity index (χ3v) is 10.4. The lowest BCUT2D eigenvalue weighted by atomic mass is 9.94. The Morgan fingerprint density at radius 2 is 1.27 bits per heavy atom. The third-order valence-electron chi connectivity index (χ3n) is 10.4. The first-order valence-electron chi connectivity index (χ1n) is 17.4. The highest BCUT2D eigenvalue weighted by Crippen LogP contribution is 2.40. The van der Waals surface area contributed by atoms with Crippen LogP contribution in [0.15, 0.2) is 115 Å². The monoisotopic (exact) mass is 653 g/mol. The summed E-state index contributed by atoms with van der Waals surface area (Å²) in [5, 5.41) is 31.8. The van der Waals surface area contributed by atoms with Crippen LogP contribution in [0, 0.1) is 34.0 Å². The van der Waals surface area contributed by atoms with E-state index in [1.54, 1.807) is 0 Å². The average Bonchev–Trinajstić information content (AvgIpc) is 3.56. The van der Waals surface area contributed by atoms with E-state index in [0.29, 0.717) is 16.7 Å². The summed E-state index contributed by atoms with van der Waals surface area (Å²) >= 11 is 0. The second-order valence-electron chi connectivity index (χ2n) is 13.2. The van der Waals surface area contributed by atoms with Crippen molar-refractivity contribution in [2.45, 2.75) is 32.1 Å². The largest absolute Gasteiger partial charge is 0.316 e. The first-order valence-corrected chi connectivity index (χ1v) is 17.4. The Balaban J connectivity index is 1.12. The average molecular weight is 654 g/mol. The van der Waals surface area contributed by atoms with Crippen LogP contribution in [0.5, 0.6) is 0 Å². The van der Waals surface area contributed by atoms with Crippen LogP contribution in [0.2, 0.25) is 0 Å². The quantitative estimate of drug-likeness (QED) is 0.190. The minimum atomic E-state index is 0.600. The van der Waals surface area contributed by atoms with Crippen molar-refractivity contribution in [3.05, 3.63) is 160 Å². The van der Waals surface area contributed by atoms with Gasteiger partial charge in [-0.15, -0.1) is 0 Å². The Labute approximate surface area is 296 Å². The molecule has 0 N–H and O–H groups in total. The van der Waals surface area contributed by atoms with Crippen molar-refractivity contribution >= 4 is 45.2 Å². The molecule has 51 heavy (non-hydrogen) atoms. The van der Waals surface area contributed by atoms with E-state index in [-0.39, 0.29) is 0 Å². The van der Waals surface area contributed by atoms with Crippen LogP contribution < -0.4 is 0 Å². The van der Waals surface area contributed by atoms with E-state index < -0.39 is 0 Å². The maximum absolute atomic E-state index is 10.4. The standard InChI is InChI=1S/C46H31N5/c47-27-30-14-21-45-39(24-30)38-10-5-7-13-43(38)50(45)41-23-20-34(26-35(41)29-49)32-16-18-33(19-17-32)36-8-4-6-12-42(36)51-44-11-3-1-2-9-37(44)40-25-31(28-48)15-22-46(40)51/h1-4,7-9,13-26H,5-6,10-12H2. The predicted molar refractivity (Wildman–Crippen MR) is 206 cm³/mol. The number of nitriles is 3. The highest BCUT2D eigenvalue weighted by molar-refractivity contribution is 6.00. The summed E-state index contributed by atoms with van der Waals surface area (Å²) < 4.78 is 4.60. The zero-order chi connectivity index (χ0) is 34.5. The van der Waals surface area contributed by atoms with E-state index in [1.165, 1.54) is 28.1 Å². The summed E-state index contributed by atoms with van der Waals surface area (Å²) in [5.41, 5.74) is 15.2. The van der Waals surface area contributed by atoms with E-state index in [4.69, 9.17) is 0 Å². The van der Waals surface area contributed by atoms with Gasteiger partial charge < -0.3 is 9.13 Å². The molecule has 4 aromatic carbocycles. The number of nitrogens with zero attached hydrogens (tertiary/aromatic N) is 5. The minimum Gasteiger partial charge on any atom is -0.316 e. The lowest BCUT2D eigenvalue weighted by Gasteiger charge is -2.21. The van der Waals surface area contributed by atoms with Crippen molar-refractivity contribution in [3.63, 3.8) is 0 Å². The third kappa shape index (κ3) is 4.89. The van der Waals surface area contributed by atoms with Crippen LogP contribution in [0.1, 0.15) is 64.0 Å². The number of aryl methyl sites for hydroxylation is 1. The van der Waals surface area contributed by atoms with Crippen molar-refractivity contribution in [3.8, 4) is 35.0 Å². The van der Waals surface area contributed by atoms with Crippen LogP contribution in [0.25, 0.3) is 62.0 Å². The van der Waals surface area contributed by atoms with Crippen LogP contribution in [-0.2, 0) is 12.8 Å². The van der Waals surface area contributed by atoms with Gasteiger partial charge in [-0.3, -0.25) is 0 Å². The Morgan fingerprint density at radius 1 is 0.569 bits per heavy atom. The number of hydrogen-bond donors (Lipinski definition) is 0. The number of hydrogen-bond acceptors (Lipinski definition) is 3. The second-order valence-corrected chi connectivity index (χ2v) is 13.2. The first-order chi connectivity index (χ1) is 25.2. The summed E-state index contributed by atoms with van der Waals surface area (Å²) in [6, 6.07) is 33.7. The first kappa shape index (κ1) is 30.2. The maximum Gasteiger partial charge on any atom is 0.101 e. The SMILES string of the molecule is N#Cc1ccc2c(c1)c1c(n2C2=C(c3ccc(-c4ccc(-n5c6c(c7cc(C#N)ccc75)CCC=C6)c(C#N)c4)cc3)C=CCC2)CC=CC=C1. The van der Waals surface area contributed by atoms with Gasteiger partial charge in [-0.25, -0.2) is 0 Å². The summed E-state index contributed by atoms with van der Waals surface area (Å²) in [6.07, 6.45) is 21.9. The number of aromatic nitrogens is 2. The predicted octanol–water partition coefficient (Wildman–Crippen LogP) is 10.7. The fourth-order valence-corrected chi connectivity index (χ4v) is 8.10. The molecule has 6 aromatic rings. The summed E-state index contributed by atoms with van der Waals surface area (Å²) in [5.74, 6) is 0. The number of rotatable bonds is 4. The molecule has 3 aliphatic rings. The van der Waals surface area contributed by atoms with Crippen LogP contribution in [-0.4, -0.2) is 9.13 Å². The molecule has 240 valence electrons. The molecule has 0 fully saturated rings. The number of fused-ring (bicyclic) bond motifs is 6. The molecule has 0 amide bonds. The molecule has 0 spiro atoms. The van der Waals surface area contributed by atoms with Crippen molar-refractivity contribution in [1.82, 2.24) is 9.13 Å². The molecule has 9 rings (SSSR count). The number of allylic oxidation sites excluding steroid dienone is 8. The van der Waals surface area contributed by atoms with E-state index >= 15 is 0 Å². The summed E-state index contributed by atoms with van der Waals surface area (Å²) in [4.78, 5) is 0. The van der Waals surface area contributed by atoms with Gasteiger partial charge in [0.05, 0.1) is 45.5 Å². The van der Waals surface area contributed by atoms with Gasteiger partial charge in [-0.2, -0.15) is 15.8 Å². The molecule has 5 nitrogen and oxygen atoms in total. The molecular weight excluding hydrogens is 623 g/mol. The van der Waals surface area contributed by atoms with E-state index in [2.05, 4.69) is 118 Å². The Morgan fingerprint density at radius 3 is 2.06 bits per heavy atom. The Kier molecular flexibility index (Phi) is 7.24. The molecule has 0 saturated carbocycles. The molecule has 2 aromatic heterocycles. The van der Waals surface area contributed by atoms with Gasteiger partial charge in [0.15, 0.2) is 0 Å². The van der Waals surface area contributed by atoms with Crippen LogP contribution >= 0.6 is 0 Å². The van der Waals surface area contributed by atoms with Gasteiger partial charge in [0, 0.05) is 45.4 Å². The Hall–Kier alpha value is -6.87. The molecule has 0 atom stereocenters. The van der Waals surface area contributed by atoms with Crippen molar-refractivity contribution in [1.29, 1.82) is 15.8 Å². The van der Waals surface area contributed by atoms with Crippen molar-refractivity contribution in [2.75, 3.05) is 0 Å². The zero-order valence-electron chi connectivity index (χ0n) is 27.9. The van der Waals surface area contributed by atoms with Crippen LogP contribution in [0.3, 0.4) is 0 Å². The van der Waals surface area contributed by atoms with E-state index in [1.807, 2.05) is 36.4 Å². The van der Waals surface area contributed by atoms with E-state index in [0.717, 1.165) is 82.0 Å². The topological polar surface area (TPSA) is 81.2 Å². The molecule has 3 aliphatic carbocycles. The molecule has 0 radical (unpaired) electrons. The second kappa shape index (κ2) is 12.2. The minimum absolute atomic E-state index is 0.600. The van der Waals surface area contributed by atoms with Gasteiger partial charge in [0.25, 0.3) is 0 Å². The zero-order valence-corrected chi connectivity index (χ0v) is 27.9. The molecule has 0 unspecified atom stereocenters. The summed E-state index contributed by atoms with van der Waals surface area (Å²) in [7, 11) is 0. The van der Waals surface area contributed by atoms with Gasteiger partial charge in [0.2, 0.25) is 0 Å². The summed E-state index contributed by atoms with van der Waals surface area (Å²) in [6.45, 7) is 0. The number of benzene rings is 4. The van der Waals surface area contributed by atoms with Gasteiger partial charge in [-0.05, 0) is 103 Å². The highest BCUT2D eigenvalue weighted by Gasteiger charge is 2.23. The van der Waals surface area contributed by atoms with E-state index in [9.17, 15) is 15.8 Å². The van der Waals surface area contributed by atoms with Gasteiger partial charge in [0.1, 0.15) is 6.07 Å². The lowest BCUT2D eigenvalue weighted by Crippen LogP contribution is -2.07. The lowest BCUT2D eigenvalue weighted by molar-refractivity contribution is 0.926. The van der Waals surface area contributed by atoms with Gasteiger partial charge in [-0.1, -0.05) is 72.9 Å². The maximum atomic E-state index is 10.4. The molecular formula is C46H31N5. The van der Waals surface area contributed by atoms with Crippen molar-refractivity contribution in [2.24, 2.45) is 0 Å². The molecule has 0 aliphatic heterocycles. The fourth-order valence-electron chi connectivity index (χ4n) is 8.10. The van der Waals surface area contributed by atoms with Crippen molar-refractivity contribution < 1.29 is 0 Å². The molecule has 0 saturated heterocycles. The van der Waals surface area contributed by atoms with Gasteiger partial charge >= 0.3 is 0 Å².